The van der Waals surface area contributed by atoms with Crippen LogP contribution in [0.3, 0.4) is 0 Å². The molecule has 0 aliphatic carbocycles. The summed E-state index contributed by atoms with van der Waals surface area (Å²) in [5, 5.41) is 4.06. The molecule has 0 spiro atoms. The summed E-state index contributed by atoms with van der Waals surface area (Å²) in [6.07, 6.45) is 1.75. The van der Waals surface area contributed by atoms with Crippen LogP contribution in [0.4, 0.5) is 16.0 Å². The molecule has 2 N–H and O–H groups in total. The Morgan fingerprint density at radius 1 is 1.10 bits per heavy atom. The van der Waals surface area contributed by atoms with Crippen molar-refractivity contribution in [3.63, 3.8) is 0 Å². The number of nitrogens with one attached hydrogen (secondary N) is 2. The fourth-order valence-corrected chi connectivity index (χ4v) is 4.14. The van der Waals surface area contributed by atoms with E-state index in [2.05, 4.69) is 15.3 Å². The second-order valence-electron chi connectivity index (χ2n) is 7.81. The van der Waals surface area contributed by atoms with E-state index < -0.39 is 0 Å². The third-order valence-corrected chi connectivity index (χ3v) is 5.59. The van der Waals surface area contributed by atoms with E-state index in [9.17, 15) is 9.18 Å². The SMILES string of the molecule is Cc1cccc(Nc2cccc(C3CCCN3C(=O)c3cc4ccc(F)cc4[nH]3)n2)n1. The molecule has 0 bridgehead atoms. The molecular formula is C24H22FN5O. The number of fused-ring (bicyclic) bond motifs is 1. The smallest absolute Gasteiger partial charge is 0.270 e. The molecule has 1 aromatic carbocycles. The van der Waals surface area contributed by atoms with E-state index in [1.54, 1.807) is 12.1 Å². The molecule has 31 heavy (non-hydrogen) atoms. The van der Waals surface area contributed by atoms with Crippen LogP contribution in [0.1, 0.15) is 40.8 Å². The van der Waals surface area contributed by atoms with E-state index in [0.717, 1.165) is 35.4 Å². The largest absolute Gasteiger partial charge is 0.350 e. The Hall–Kier alpha value is -3.74. The Morgan fingerprint density at radius 3 is 2.74 bits per heavy atom. The number of H-pyrrole nitrogens is 1. The van der Waals surface area contributed by atoms with Crippen molar-refractivity contribution < 1.29 is 9.18 Å². The minimum absolute atomic E-state index is 0.0976. The Bertz CT molecular complexity index is 1270. The Morgan fingerprint density at radius 2 is 1.90 bits per heavy atom. The summed E-state index contributed by atoms with van der Waals surface area (Å²) in [4.78, 5) is 27.4. The third kappa shape index (κ3) is 3.86. The molecule has 6 nitrogen and oxygen atoms in total. The highest BCUT2D eigenvalue weighted by Crippen LogP contribution is 2.33. The first kappa shape index (κ1) is 19.2. The van der Waals surface area contributed by atoms with Gasteiger partial charge < -0.3 is 15.2 Å². The number of likely N-dealkylation sites (tertiary alicyclic amines) is 1. The van der Waals surface area contributed by atoms with Gasteiger partial charge in [-0.05, 0) is 68.3 Å². The molecule has 1 saturated heterocycles. The van der Waals surface area contributed by atoms with Crippen LogP contribution in [0.5, 0.6) is 0 Å². The molecule has 0 radical (unpaired) electrons. The summed E-state index contributed by atoms with van der Waals surface area (Å²) in [5.74, 6) is 0.994. The summed E-state index contributed by atoms with van der Waals surface area (Å²) < 4.78 is 13.5. The van der Waals surface area contributed by atoms with Gasteiger partial charge >= 0.3 is 0 Å². The molecule has 1 atom stereocenters. The predicted octanol–water partition coefficient (Wildman–Crippen LogP) is 5.13. The number of hydrogen-bond acceptors (Lipinski definition) is 4. The third-order valence-electron chi connectivity index (χ3n) is 5.59. The molecule has 1 aliphatic heterocycles. The number of hydrogen-bond donors (Lipinski definition) is 2. The zero-order valence-electron chi connectivity index (χ0n) is 17.1. The van der Waals surface area contributed by atoms with Crippen LogP contribution >= 0.6 is 0 Å². The van der Waals surface area contributed by atoms with Crippen molar-refractivity contribution in [3.05, 3.63) is 83.6 Å². The molecule has 156 valence electrons. The molecule has 0 saturated carbocycles. The molecule has 4 heterocycles. The number of aromatic nitrogens is 3. The van der Waals surface area contributed by atoms with Crippen molar-refractivity contribution >= 4 is 28.4 Å². The first-order valence-corrected chi connectivity index (χ1v) is 10.3. The molecular weight excluding hydrogens is 393 g/mol. The lowest BCUT2D eigenvalue weighted by molar-refractivity contribution is 0.0728. The topological polar surface area (TPSA) is 73.9 Å². The fraction of sp³-hybridized carbons (Fsp3) is 0.208. The van der Waals surface area contributed by atoms with Crippen LogP contribution in [-0.4, -0.2) is 32.3 Å². The van der Waals surface area contributed by atoms with Gasteiger partial charge in [-0.2, -0.15) is 0 Å². The van der Waals surface area contributed by atoms with Crippen molar-refractivity contribution in [2.75, 3.05) is 11.9 Å². The second kappa shape index (κ2) is 7.83. The van der Waals surface area contributed by atoms with Crippen LogP contribution < -0.4 is 5.32 Å². The Balaban J connectivity index is 1.40. The Kier molecular flexibility index (Phi) is 4.86. The average Bonchev–Trinajstić information content (AvgIpc) is 3.40. The van der Waals surface area contributed by atoms with Crippen molar-refractivity contribution in [1.82, 2.24) is 19.9 Å². The number of rotatable bonds is 4. The van der Waals surface area contributed by atoms with Gasteiger partial charge in [-0.25, -0.2) is 14.4 Å². The number of halogens is 1. The second-order valence-corrected chi connectivity index (χ2v) is 7.81. The maximum atomic E-state index is 13.5. The molecule has 1 unspecified atom stereocenters. The van der Waals surface area contributed by atoms with E-state index >= 15 is 0 Å². The quantitative estimate of drug-likeness (QED) is 0.485. The van der Waals surface area contributed by atoms with Crippen LogP contribution in [0.15, 0.2) is 60.7 Å². The minimum Gasteiger partial charge on any atom is -0.350 e. The maximum Gasteiger partial charge on any atom is 0.270 e. The van der Waals surface area contributed by atoms with Gasteiger partial charge in [0.2, 0.25) is 0 Å². The number of aromatic amines is 1. The number of amides is 1. The van der Waals surface area contributed by atoms with E-state index in [0.29, 0.717) is 23.6 Å². The predicted molar refractivity (Wildman–Crippen MR) is 118 cm³/mol. The fourth-order valence-electron chi connectivity index (χ4n) is 4.14. The zero-order chi connectivity index (χ0) is 21.4. The van der Waals surface area contributed by atoms with Gasteiger partial charge in [0.15, 0.2) is 0 Å². The number of pyridine rings is 2. The minimum atomic E-state index is -0.330. The molecule has 1 aliphatic rings. The monoisotopic (exact) mass is 415 g/mol. The molecule has 7 heteroatoms. The standard InChI is InChI=1S/C24H22FN5O/c1-15-5-2-8-22(26-15)29-23-9-3-6-18(28-23)21-7-4-12-30(21)24(31)20-13-16-10-11-17(25)14-19(16)27-20/h2-3,5-6,8-11,13-14,21,27H,4,7,12H2,1H3,(H,26,28,29). The van der Waals surface area contributed by atoms with Gasteiger partial charge in [0, 0.05) is 23.1 Å². The van der Waals surface area contributed by atoms with Gasteiger partial charge in [0.25, 0.3) is 5.91 Å². The summed E-state index contributed by atoms with van der Waals surface area (Å²) in [5.41, 5.74) is 2.84. The number of nitrogens with zero attached hydrogens (tertiary/aromatic N) is 3. The molecule has 1 fully saturated rings. The van der Waals surface area contributed by atoms with Crippen LogP contribution in [0, 0.1) is 12.7 Å². The summed E-state index contributed by atoms with van der Waals surface area (Å²) in [7, 11) is 0. The van der Waals surface area contributed by atoms with Gasteiger partial charge in [-0.15, -0.1) is 0 Å². The van der Waals surface area contributed by atoms with E-state index in [1.165, 1.54) is 12.1 Å². The van der Waals surface area contributed by atoms with E-state index in [1.807, 2.05) is 48.2 Å². The molecule has 1 amide bonds. The Labute approximate surface area is 179 Å². The highest BCUT2D eigenvalue weighted by Gasteiger charge is 2.32. The van der Waals surface area contributed by atoms with Crippen molar-refractivity contribution in [2.24, 2.45) is 0 Å². The van der Waals surface area contributed by atoms with Crippen LogP contribution in [-0.2, 0) is 0 Å². The summed E-state index contributed by atoms with van der Waals surface area (Å²) in [6, 6.07) is 17.7. The lowest BCUT2D eigenvalue weighted by Crippen LogP contribution is -2.31. The van der Waals surface area contributed by atoms with Crippen LogP contribution in [0.25, 0.3) is 10.9 Å². The molecule has 3 aromatic heterocycles. The first-order chi connectivity index (χ1) is 15.1. The van der Waals surface area contributed by atoms with Gasteiger partial charge in [-0.3, -0.25) is 4.79 Å². The molecule has 5 rings (SSSR count). The first-order valence-electron chi connectivity index (χ1n) is 10.3. The van der Waals surface area contributed by atoms with Gasteiger partial charge in [0.05, 0.1) is 11.7 Å². The van der Waals surface area contributed by atoms with E-state index in [-0.39, 0.29) is 17.8 Å². The number of aryl methyl sites for hydroxylation is 1. The lowest BCUT2D eigenvalue weighted by Gasteiger charge is -2.24. The summed E-state index contributed by atoms with van der Waals surface area (Å²) >= 11 is 0. The maximum absolute atomic E-state index is 13.5. The summed E-state index contributed by atoms with van der Waals surface area (Å²) in [6.45, 7) is 2.60. The van der Waals surface area contributed by atoms with E-state index in [4.69, 9.17) is 4.98 Å². The zero-order valence-corrected chi connectivity index (χ0v) is 17.1. The van der Waals surface area contributed by atoms with Gasteiger partial charge in [0.1, 0.15) is 23.1 Å². The molecule has 4 aromatic rings. The average molecular weight is 415 g/mol. The lowest BCUT2D eigenvalue weighted by atomic mass is 10.1. The number of anilines is 2. The van der Waals surface area contributed by atoms with Crippen LogP contribution in [0.2, 0.25) is 0 Å². The van der Waals surface area contributed by atoms with Crippen molar-refractivity contribution in [2.45, 2.75) is 25.8 Å². The normalized spacial score (nSPS) is 16.1. The number of carbonyl (C=O) groups excluding carboxylic acids is 1. The highest BCUT2D eigenvalue weighted by molar-refractivity contribution is 5.98. The van der Waals surface area contributed by atoms with Crippen molar-refractivity contribution in [3.8, 4) is 0 Å². The highest BCUT2D eigenvalue weighted by atomic mass is 19.1. The van der Waals surface area contributed by atoms with Gasteiger partial charge in [-0.1, -0.05) is 12.1 Å². The number of carbonyl (C=O) groups is 1. The number of benzene rings is 1. The van der Waals surface area contributed by atoms with Crippen molar-refractivity contribution in [1.29, 1.82) is 0 Å².